The van der Waals surface area contributed by atoms with E-state index in [0.29, 0.717) is 0 Å². The number of aromatic nitrogens is 2. The van der Waals surface area contributed by atoms with Crippen molar-refractivity contribution in [3.63, 3.8) is 0 Å². The molecule has 1 aromatic heterocycles. The van der Waals surface area contributed by atoms with Gasteiger partial charge in [0.2, 0.25) is 0 Å². The van der Waals surface area contributed by atoms with Crippen molar-refractivity contribution in [2.24, 2.45) is 0 Å². The van der Waals surface area contributed by atoms with Gasteiger partial charge in [0.25, 0.3) is 0 Å². The first-order chi connectivity index (χ1) is 7.47. The number of hydrogen-bond donors (Lipinski definition) is 2. The van der Waals surface area contributed by atoms with Crippen LogP contribution < -0.4 is 5.32 Å². The van der Waals surface area contributed by atoms with Crippen LogP contribution in [0.25, 0.3) is 10.9 Å². The molecule has 15 heavy (non-hydrogen) atoms. The number of rotatable bonds is 0. The molecule has 1 aromatic carbocycles. The molecule has 2 heterocycles. The van der Waals surface area contributed by atoms with E-state index in [1.54, 1.807) is 0 Å². The second-order valence-corrected chi connectivity index (χ2v) is 3.77. The van der Waals surface area contributed by atoms with Crippen LogP contribution in [0.3, 0.4) is 0 Å². The number of piperidine rings is 1. The van der Waals surface area contributed by atoms with E-state index in [9.17, 15) is 0 Å². The summed E-state index contributed by atoms with van der Waals surface area (Å²) in [6, 6.07) is 8.01. The van der Waals surface area contributed by atoms with Crippen molar-refractivity contribution in [2.45, 2.75) is 19.3 Å². The summed E-state index contributed by atoms with van der Waals surface area (Å²) >= 11 is 0. The molecule has 1 fully saturated rings. The first-order valence-electron chi connectivity index (χ1n) is 5.55. The van der Waals surface area contributed by atoms with Gasteiger partial charge in [-0.15, -0.1) is 0 Å². The van der Waals surface area contributed by atoms with Gasteiger partial charge in [-0.3, -0.25) is 5.10 Å². The SMILES string of the molecule is C1CCNCC1.c1ccc2[nH]ncc2c1. The van der Waals surface area contributed by atoms with Gasteiger partial charge < -0.3 is 5.32 Å². The summed E-state index contributed by atoms with van der Waals surface area (Å²) in [5.41, 5.74) is 1.09. The topological polar surface area (TPSA) is 40.7 Å². The Morgan fingerprint density at radius 3 is 2.40 bits per heavy atom. The number of fused-ring (bicyclic) bond motifs is 1. The zero-order valence-electron chi connectivity index (χ0n) is 8.87. The minimum absolute atomic E-state index is 1.09. The van der Waals surface area contributed by atoms with Crippen molar-refractivity contribution >= 4 is 10.9 Å². The largest absolute Gasteiger partial charge is 0.317 e. The maximum absolute atomic E-state index is 3.88. The average Bonchev–Trinajstić information content (AvgIpc) is 2.80. The molecular weight excluding hydrogens is 186 g/mol. The minimum atomic E-state index is 1.09. The summed E-state index contributed by atoms with van der Waals surface area (Å²) in [6.07, 6.45) is 6.03. The Hall–Kier alpha value is -1.35. The van der Waals surface area contributed by atoms with Gasteiger partial charge in [-0.25, -0.2) is 0 Å². The van der Waals surface area contributed by atoms with Crippen molar-refractivity contribution in [1.82, 2.24) is 15.5 Å². The molecule has 2 aromatic rings. The number of nitrogens with zero attached hydrogens (tertiary/aromatic N) is 1. The van der Waals surface area contributed by atoms with Crippen LogP contribution in [0.2, 0.25) is 0 Å². The van der Waals surface area contributed by atoms with Gasteiger partial charge in [0.1, 0.15) is 0 Å². The van der Waals surface area contributed by atoms with Crippen molar-refractivity contribution < 1.29 is 0 Å². The molecule has 3 heteroatoms. The summed E-state index contributed by atoms with van der Waals surface area (Å²) in [5.74, 6) is 0. The van der Waals surface area contributed by atoms with Crippen molar-refractivity contribution in [1.29, 1.82) is 0 Å². The number of H-pyrrole nitrogens is 1. The van der Waals surface area contributed by atoms with Gasteiger partial charge in [-0.1, -0.05) is 24.6 Å². The van der Waals surface area contributed by atoms with E-state index in [1.807, 2.05) is 30.5 Å². The smallest absolute Gasteiger partial charge is 0.0650 e. The molecule has 3 nitrogen and oxygen atoms in total. The monoisotopic (exact) mass is 203 g/mol. The molecule has 1 saturated heterocycles. The van der Waals surface area contributed by atoms with Gasteiger partial charge in [0.05, 0.1) is 11.7 Å². The lowest BCUT2D eigenvalue weighted by Crippen LogP contribution is -2.21. The molecule has 3 rings (SSSR count). The maximum atomic E-state index is 3.88. The van der Waals surface area contributed by atoms with E-state index < -0.39 is 0 Å². The summed E-state index contributed by atoms with van der Waals surface area (Å²) in [5, 5.41) is 11.2. The van der Waals surface area contributed by atoms with E-state index in [4.69, 9.17) is 0 Å². The summed E-state index contributed by atoms with van der Waals surface area (Å²) in [7, 11) is 0. The first kappa shape index (κ1) is 10.2. The number of benzene rings is 1. The highest BCUT2D eigenvalue weighted by Gasteiger charge is 1.93. The fourth-order valence-corrected chi connectivity index (χ4v) is 1.68. The summed E-state index contributed by atoms with van der Waals surface area (Å²) < 4.78 is 0. The highest BCUT2D eigenvalue weighted by atomic mass is 15.1. The second kappa shape index (κ2) is 5.51. The number of para-hydroxylation sites is 1. The van der Waals surface area contributed by atoms with Gasteiger partial charge >= 0.3 is 0 Å². The Labute approximate surface area is 89.9 Å². The van der Waals surface area contributed by atoms with Crippen LogP contribution in [0.1, 0.15) is 19.3 Å². The van der Waals surface area contributed by atoms with Crippen molar-refractivity contribution in [3.8, 4) is 0 Å². The van der Waals surface area contributed by atoms with Crippen LogP contribution in [0, 0.1) is 0 Å². The van der Waals surface area contributed by atoms with Gasteiger partial charge in [0, 0.05) is 5.39 Å². The fourth-order valence-electron chi connectivity index (χ4n) is 1.68. The fraction of sp³-hybridized carbons (Fsp3) is 0.417. The minimum Gasteiger partial charge on any atom is -0.317 e. The number of aromatic amines is 1. The third-order valence-corrected chi connectivity index (χ3v) is 2.56. The van der Waals surface area contributed by atoms with Gasteiger partial charge in [-0.2, -0.15) is 5.10 Å². The van der Waals surface area contributed by atoms with Crippen molar-refractivity contribution in [3.05, 3.63) is 30.5 Å². The van der Waals surface area contributed by atoms with Crippen LogP contribution in [-0.4, -0.2) is 23.3 Å². The number of nitrogens with one attached hydrogen (secondary N) is 2. The standard InChI is InChI=1S/C7H6N2.C5H11N/c1-2-4-7-6(3-1)5-8-9-7;1-2-4-6-5-3-1/h1-5H,(H,8,9);6H,1-5H2. The number of hydrogen-bond acceptors (Lipinski definition) is 2. The molecule has 2 N–H and O–H groups in total. The van der Waals surface area contributed by atoms with Crippen LogP contribution in [0.5, 0.6) is 0 Å². The Bertz CT molecular complexity index is 349. The van der Waals surface area contributed by atoms with Crippen LogP contribution in [0.15, 0.2) is 30.5 Å². The predicted octanol–water partition coefficient (Wildman–Crippen LogP) is 2.32. The molecule has 0 atom stereocenters. The molecule has 0 amide bonds. The van der Waals surface area contributed by atoms with Gasteiger partial charge in [0.15, 0.2) is 0 Å². The Morgan fingerprint density at radius 2 is 1.80 bits per heavy atom. The average molecular weight is 203 g/mol. The lowest BCUT2D eigenvalue weighted by molar-refractivity contribution is 0.520. The van der Waals surface area contributed by atoms with Gasteiger partial charge in [-0.05, 0) is 32.0 Å². The Kier molecular flexibility index (Phi) is 3.74. The highest BCUT2D eigenvalue weighted by molar-refractivity contribution is 5.77. The van der Waals surface area contributed by atoms with E-state index >= 15 is 0 Å². The molecule has 80 valence electrons. The van der Waals surface area contributed by atoms with E-state index in [-0.39, 0.29) is 0 Å². The Balaban J connectivity index is 0.000000124. The summed E-state index contributed by atoms with van der Waals surface area (Å²) in [4.78, 5) is 0. The Morgan fingerprint density at radius 1 is 1.00 bits per heavy atom. The lowest BCUT2D eigenvalue weighted by atomic mass is 10.2. The molecular formula is C12H17N3. The third kappa shape index (κ3) is 3.06. The third-order valence-electron chi connectivity index (χ3n) is 2.56. The highest BCUT2D eigenvalue weighted by Crippen LogP contribution is 2.06. The zero-order valence-corrected chi connectivity index (χ0v) is 8.87. The normalized spacial score (nSPS) is 15.7. The van der Waals surface area contributed by atoms with E-state index in [0.717, 1.165) is 10.9 Å². The van der Waals surface area contributed by atoms with Crippen LogP contribution in [0.4, 0.5) is 0 Å². The zero-order chi connectivity index (χ0) is 10.3. The molecule has 0 aliphatic carbocycles. The van der Waals surface area contributed by atoms with Crippen molar-refractivity contribution in [2.75, 3.05) is 13.1 Å². The second-order valence-electron chi connectivity index (χ2n) is 3.77. The molecule has 1 aliphatic rings. The van der Waals surface area contributed by atoms with Crippen LogP contribution in [-0.2, 0) is 0 Å². The molecule has 1 aliphatic heterocycles. The molecule has 0 saturated carbocycles. The summed E-state index contributed by atoms with van der Waals surface area (Å²) in [6.45, 7) is 2.50. The van der Waals surface area contributed by atoms with E-state index in [1.165, 1.54) is 32.4 Å². The first-order valence-corrected chi connectivity index (χ1v) is 5.55. The lowest BCUT2D eigenvalue weighted by Gasteiger charge is -2.08. The van der Waals surface area contributed by atoms with Crippen LogP contribution >= 0.6 is 0 Å². The maximum Gasteiger partial charge on any atom is 0.0650 e. The molecule has 0 bridgehead atoms. The molecule has 0 spiro atoms. The quantitative estimate of drug-likeness (QED) is 0.690. The predicted molar refractivity (Wildman–Crippen MR) is 62.8 cm³/mol. The van der Waals surface area contributed by atoms with E-state index in [2.05, 4.69) is 15.5 Å². The molecule has 0 unspecified atom stereocenters. The molecule has 0 radical (unpaired) electrons.